The van der Waals surface area contributed by atoms with Gasteiger partial charge in [-0.15, -0.1) is 0 Å². The maximum absolute atomic E-state index is 12.7. The predicted molar refractivity (Wildman–Crippen MR) is 194 cm³/mol. The number of nitrogens with two attached hydrogens (primary N) is 1. The van der Waals surface area contributed by atoms with Crippen LogP contribution in [0.15, 0.2) is 12.7 Å². The van der Waals surface area contributed by atoms with Gasteiger partial charge in [0.1, 0.15) is 36.3 Å². The molecule has 0 aromatic carbocycles. The third-order valence-corrected chi connectivity index (χ3v) is 12.0. The number of phosphoric acid groups is 3. The Morgan fingerprint density at radius 2 is 1.70 bits per heavy atom. The zero-order chi connectivity index (χ0) is 43.0. The molecule has 3 rings (SSSR count). The summed E-state index contributed by atoms with van der Waals surface area (Å²) in [6.45, 7) is 1.90. The van der Waals surface area contributed by atoms with Gasteiger partial charge >= 0.3 is 29.4 Å². The van der Waals surface area contributed by atoms with E-state index in [1.165, 1.54) is 32.5 Å². The Bertz CT molecular complexity index is 1870. The third-order valence-electron chi connectivity index (χ3n) is 7.96. The van der Waals surface area contributed by atoms with E-state index < -0.39 is 103 Å². The monoisotopic (exact) mass is 897 g/mol. The predicted octanol–water partition coefficient (Wildman–Crippen LogP) is -1.25. The van der Waals surface area contributed by atoms with E-state index >= 15 is 0 Å². The number of aliphatic carboxylic acids is 1. The molecular weight excluding hydrogens is 851 g/mol. The van der Waals surface area contributed by atoms with Crippen LogP contribution >= 0.6 is 35.2 Å². The highest BCUT2D eigenvalue weighted by Crippen LogP contribution is 2.61. The van der Waals surface area contributed by atoms with Crippen LogP contribution in [0.3, 0.4) is 0 Å². The molecule has 1 saturated heterocycles. The zero-order valence-corrected chi connectivity index (χ0v) is 34.1. The fourth-order valence-electron chi connectivity index (χ4n) is 5.01. The molecule has 30 heteroatoms. The minimum atomic E-state index is -5.58. The summed E-state index contributed by atoms with van der Waals surface area (Å²) in [5, 5.41) is 45.2. The minimum absolute atomic E-state index is 0.0236. The van der Waals surface area contributed by atoms with Gasteiger partial charge in [0.2, 0.25) is 11.8 Å². The van der Waals surface area contributed by atoms with Gasteiger partial charge in [0.25, 0.3) is 0 Å². The van der Waals surface area contributed by atoms with E-state index in [1.807, 2.05) is 0 Å². The Kier molecular flexibility index (Phi) is 17.1. The summed E-state index contributed by atoms with van der Waals surface area (Å²) in [7, 11) is -16.4. The Hall–Kier alpha value is -2.68. The van der Waals surface area contributed by atoms with Gasteiger partial charge in [-0.05, 0) is 19.1 Å². The van der Waals surface area contributed by atoms with Gasteiger partial charge in [-0.2, -0.15) is 16.1 Å². The highest BCUT2D eigenvalue weighted by atomic mass is 32.2. The molecule has 3 heterocycles. The molecule has 2 aromatic rings. The summed E-state index contributed by atoms with van der Waals surface area (Å²) in [6, 6.07) is 0. The lowest BCUT2D eigenvalue weighted by Gasteiger charge is -2.30. The van der Waals surface area contributed by atoms with Crippen LogP contribution in [0.2, 0.25) is 0 Å². The van der Waals surface area contributed by atoms with Gasteiger partial charge in [-0.3, -0.25) is 32.5 Å². The number of hydrogen-bond donors (Lipinski definition) is 11. The first-order valence-electron chi connectivity index (χ1n) is 16.6. The van der Waals surface area contributed by atoms with Crippen molar-refractivity contribution in [2.24, 2.45) is 5.41 Å². The molecule has 57 heavy (non-hydrogen) atoms. The van der Waals surface area contributed by atoms with Gasteiger partial charge in [0, 0.05) is 30.7 Å². The molecule has 0 bridgehead atoms. The molecule has 0 saturated carbocycles. The Labute approximate surface area is 328 Å². The van der Waals surface area contributed by atoms with E-state index in [9.17, 15) is 63.0 Å². The fraction of sp³-hybridized carbons (Fsp3) is 0.704. The van der Waals surface area contributed by atoms with Gasteiger partial charge < -0.3 is 61.1 Å². The average molecular weight is 898 g/mol. The molecule has 26 nitrogen and oxygen atoms in total. The van der Waals surface area contributed by atoms with E-state index in [0.29, 0.717) is 11.5 Å². The van der Waals surface area contributed by atoms with Crippen LogP contribution in [0.4, 0.5) is 5.82 Å². The number of carboxylic acid groups (broad SMARTS) is 1. The highest BCUT2D eigenvalue weighted by molar-refractivity contribution is 7.99. The van der Waals surface area contributed by atoms with Crippen LogP contribution in [0.5, 0.6) is 0 Å². The van der Waals surface area contributed by atoms with E-state index in [2.05, 4.69) is 34.4 Å². The van der Waals surface area contributed by atoms with E-state index in [4.69, 9.17) is 24.6 Å². The lowest BCUT2D eigenvalue weighted by molar-refractivity contribution is -0.142. The molecule has 1 aliphatic rings. The Morgan fingerprint density at radius 1 is 1.04 bits per heavy atom. The number of anilines is 1. The first-order chi connectivity index (χ1) is 26.2. The van der Waals surface area contributed by atoms with Crippen molar-refractivity contribution in [1.82, 2.24) is 30.2 Å². The quantitative estimate of drug-likeness (QED) is 0.0433. The van der Waals surface area contributed by atoms with Crippen LogP contribution in [0.1, 0.15) is 46.3 Å². The maximum atomic E-state index is 12.7. The number of nitrogens with one attached hydrogen (secondary N) is 2. The molecule has 3 unspecified atom stereocenters. The van der Waals surface area contributed by atoms with Crippen LogP contribution in [0.25, 0.3) is 11.2 Å². The third kappa shape index (κ3) is 15.5. The van der Waals surface area contributed by atoms with E-state index in [1.54, 1.807) is 0 Å². The maximum Gasteiger partial charge on any atom is 0.481 e. The number of aliphatic hydroxyl groups excluding tert-OH is 2. The molecule has 0 spiro atoms. The molecule has 1 fully saturated rings. The van der Waals surface area contributed by atoms with Crippen molar-refractivity contribution in [3.63, 3.8) is 0 Å². The number of thioether (sulfide) groups is 1. The van der Waals surface area contributed by atoms with Crippen molar-refractivity contribution in [3.8, 4) is 0 Å². The molecule has 8 atom stereocenters. The number of amides is 2. The smallest absolute Gasteiger partial charge is 0.481 e. The number of carboxylic acids is 1. The highest BCUT2D eigenvalue weighted by Gasteiger charge is 2.50. The number of ether oxygens (including phenoxy) is 1. The fourth-order valence-corrected chi connectivity index (χ4v) is 8.87. The van der Waals surface area contributed by atoms with Crippen molar-refractivity contribution in [2.75, 3.05) is 43.5 Å². The number of aliphatic hydroxyl groups is 3. The standard InChI is InChI=1S/C27H46N7O19P3S/c1-26(2,21(39)24(40)30-6-4-16(35)29-7-9-57-8-5-27(3,41)10-17(36)37)12-50-56(47,48)53-55(45,46)49-11-15-20(52-54(42,43)44)19(38)25(51-15)34-14-33-18-22(28)31-13-32-23(18)34/h13-15,19-21,25,38-39,41H,4-12H2,1-3H3,(H,29,35)(H,30,40)(H,36,37)(H,45,46)(H,47,48)(H2,28,31,32)(H2,42,43,44)/t15-,19-,20-,21+,25-,27?/m1/s1. The second-order valence-electron chi connectivity index (χ2n) is 13.5. The normalized spacial score (nSPS) is 22.6. The van der Waals surface area contributed by atoms with E-state index in [-0.39, 0.29) is 42.9 Å². The average Bonchev–Trinajstić information content (AvgIpc) is 3.63. The number of rotatable bonds is 24. The summed E-state index contributed by atoms with van der Waals surface area (Å²) >= 11 is 1.39. The van der Waals surface area contributed by atoms with Crippen molar-refractivity contribution in [1.29, 1.82) is 0 Å². The number of aromatic nitrogens is 4. The van der Waals surface area contributed by atoms with Crippen molar-refractivity contribution in [2.45, 2.75) is 76.3 Å². The molecule has 12 N–H and O–H groups in total. The first kappa shape index (κ1) is 48.7. The minimum Gasteiger partial charge on any atom is -0.481 e. The van der Waals surface area contributed by atoms with Gasteiger partial charge in [0.15, 0.2) is 17.7 Å². The lowest BCUT2D eigenvalue weighted by Crippen LogP contribution is -2.46. The van der Waals surface area contributed by atoms with E-state index in [0.717, 1.165) is 17.2 Å². The Morgan fingerprint density at radius 3 is 2.35 bits per heavy atom. The van der Waals surface area contributed by atoms with Crippen LogP contribution in [-0.2, 0) is 50.7 Å². The molecule has 324 valence electrons. The molecule has 0 radical (unpaired) electrons. The number of phosphoric ester groups is 3. The van der Waals surface area contributed by atoms with Gasteiger partial charge in [0.05, 0.1) is 31.6 Å². The molecule has 0 aliphatic carbocycles. The van der Waals surface area contributed by atoms with Crippen LogP contribution in [0, 0.1) is 5.41 Å². The van der Waals surface area contributed by atoms with Gasteiger partial charge in [-0.25, -0.2) is 28.6 Å². The van der Waals surface area contributed by atoms with Gasteiger partial charge in [-0.1, -0.05) is 13.8 Å². The Balaban J connectivity index is 1.46. The lowest BCUT2D eigenvalue weighted by atomic mass is 9.87. The largest absolute Gasteiger partial charge is 0.481 e. The number of carbonyl (C=O) groups excluding carboxylic acids is 2. The number of imidazole rings is 1. The van der Waals surface area contributed by atoms with Crippen molar-refractivity contribution >= 4 is 70.0 Å². The second-order valence-corrected chi connectivity index (χ2v) is 19.0. The number of hydrogen-bond acceptors (Lipinski definition) is 19. The SMILES string of the molecule is CC(O)(CCSCCNC(=O)CCNC(=O)[C@H](O)C(C)(C)COP(=O)(O)OP(=O)(O)OC[C@H]1O[C@@H](n2cnc3c(N)ncnc32)[C@H](O)[C@@H]1OP(=O)(O)O)CC(=O)O. The van der Waals surface area contributed by atoms with Crippen LogP contribution < -0.4 is 16.4 Å². The molecule has 2 amide bonds. The number of nitrogen functional groups attached to an aromatic ring is 1. The number of carbonyl (C=O) groups is 3. The summed E-state index contributed by atoms with van der Waals surface area (Å²) in [6.07, 6.45) is -7.14. The molecule has 1 aliphatic heterocycles. The molecular formula is C27H46N7O19P3S. The summed E-state index contributed by atoms with van der Waals surface area (Å²) < 4.78 is 62.0. The van der Waals surface area contributed by atoms with Crippen LogP contribution in [-0.4, -0.2) is 145 Å². The number of nitrogens with zero attached hydrogens (tertiary/aromatic N) is 4. The van der Waals surface area contributed by atoms with Crippen molar-refractivity contribution < 1.29 is 90.7 Å². The van der Waals surface area contributed by atoms with Crippen molar-refractivity contribution in [3.05, 3.63) is 12.7 Å². The number of fused-ring (bicyclic) bond motifs is 1. The second kappa shape index (κ2) is 20.1. The first-order valence-corrected chi connectivity index (χ1v) is 22.3. The zero-order valence-electron chi connectivity index (χ0n) is 30.6. The summed E-state index contributed by atoms with van der Waals surface area (Å²) in [4.78, 5) is 86.3. The summed E-state index contributed by atoms with van der Waals surface area (Å²) in [5.74, 6) is -1.67. The molecule has 2 aromatic heterocycles. The topological polar surface area (TPSA) is 404 Å². The summed E-state index contributed by atoms with van der Waals surface area (Å²) in [5.41, 5.74) is 2.88.